The van der Waals surface area contributed by atoms with Gasteiger partial charge in [-0.25, -0.2) is 12.8 Å². The maximum atomic E-state index is 13.5. The number of nitrogens with one attached hydrogen (secondary N) is 1. The molecule has 0 bridgehead atoms. The number of hydrogen-bond donors (Lipinski definition) is 1. The second kappa shape index (κ2) is 10.3. The number of rotatable bonds is 9. The van der Waals surface area contributed by atoms with Gasteiger partial charge in [0.2, 0.25) is 10.0 Å². The molecule has 9 heteroatoms. The molecule has 0 saturated heterocycles. The van der Waals surface area contributed by atoms with Crippen molar-refractivity contribution in [3.05, 3.63) is 100 Å². The third-order valence-electron chi connectivity index (χ3n) is 5.72. The molecule has 0 fully saturated rings. The van der Waals surface area contributed by atoms with Crippen molar-refractivity contribution >= 4 is 20.9 Å². The topological polar surface area (TPSA) is 88.7 Å². The number of H-pyrrole nitrogens is 1. The lowest BCUT2D eigenvalue weighted by molar-refractivity contribution is 0.355. The molecule has 1 heterocycles. The van der Waals surface area contributed by atoms with Crippen molar-refractivity contribution < 1.29 is 22.3 Å². The summed E-state index contributed by atoms with van der Waals surface area (Å²) >= 11 is 0. The summed E-state index contributed by atoms with van der Waals surface area (Å²) in [5, 5.41) is 0.666. The summed E-state index contributed by atoms with van der Waals surface area (Å²) in [6, 6.07) is 19.1. The second-order valence-corrected chi connectivity index (χ2v) is 9.88. The molecule has 0 unspecified atom stereocenters. The quantitative estimate of drug-likeness (QED) is 0.377. The molecule has 0 aliphatic heterocycles. The Morgan fingerprint density at radius 2 is 1.57 bits per heavy atom. The van der Waals surface area contributed by atoms with Crippen molar-refractivity contribution in [1.29, 1.82) is 0 Å². The fourth-order valence-electron chi connectivity index (χ4n) is 3.82. The summed E-state index contributed by atoms with van der Waals surface area (Å²) in [4.78, 5) is 15.7. The van der Waals surface area contributed by atoms with Gasteiger partial charge in [0.1, 0.15) is 5.82 Å². The minimum atomic E-state index is -4.01. The minimum absolute atomic E-state index is 0.0458. The lowest BCUT2D eigenvalue weighted by Gasteiger charge is -2.22. The number of ether oxygens (including phenoxy) is 2. The molecule has 4 aromatic rings. The zero-order valence-corrected chi connectivity index (χ0v) is 20.1. The first kappa shape index (κ1) is 24.4. The lowest BCUT2D eigenvalue weighted by Crippen LogP contribution is -2.34. The van der Waals surface area contributed by atoms with Gasteiger partial charge in [-0.3, -0.25) is 4.79 Å². The first-order valence-electron chi connectivity index (χ1n) is 10.9. The van der Waals surface area contributed by atoms with Crippen LogP contribution >= 0.6 is 0 Å². The largest absolute Gasteiger partial charge is 0.493 e. The molecule has 0 aliphatic rings. The van der Waals surface area contributed by atoms with Crippen LogP contribution in [0.25, 0.3) is 10.9 Å². The maximum Gasteiger partial charge on any atom is 0.252 e. The van der Waals surface area contributed by atoms with Crippen LogP contribution in [-0.4, -0.2) is 38.5 Å². The standard InChI is InChI=1S/C26H25FN2O5S/c1-33-24-15-19-14-20(26(30)28-23(19)16-25(24)34-2)17-29(13-12-18-6-4-3-5-7-18)35(31,32)22-10-8-21(27)9-11-22/h3-11,14-16H,12-13,17H2,1-2H3,(H,28,30). The molecule has 3 aromatic carbocycles. The Hall–Kier alpha value is -3.69. The molecule has 0 aliphatic carbocycles. The predicted octanol–water partition coefficient (Wildman–Crippen LogP) is 4.12. The molecule has 182 valence electrons. The average molecular weight is 497 g/mol. The maximum absolute atomic E-state index is 13.5. The van der Waals surface area contributed by atoms with E-state index in [1.807, 2.05) is 30.3 Å². The van der Waals surface area contributed by atoms with E-state index in [9.17, 15) is 17.6 Å². The van der Waals surface area contributed by atoms with Crippen LogP contribution < -0.4 is 15.0 Å². The zero-order valence-electron chi connectivity index (χ0n) is 19.3. The van der Waals surface area contributed by atoms with E-state index in [-0.39, 0.29) is 23.5 Å². The minimum Gasteiger partial charge on any atom is -0.493 e. The Labute approximate surface area is 202 Å². The van der Waals surface area contributed by atoms with Gasteiger partial charge in [-0.05, 0) is 48.4 Å². The SMILES string of the molecule is COc1cc2cc(CN(CCc3ccccc3)S(=O)(=O)c3ccc(F)cc3)c(=O)[nH]c2cc1OC. The van der Waals surface area contributed by atoms with Gasteiger partial charge in [0.05, 0.1) is 24.6 Å². The number of nitrogens with zero attached hydrogens (tertiary/aromatic N) is 1. The molecule has 7 nitrogen and oxygen atoms in total. The molecule has 0 atom stereocenters. The predicted molar refractivity (Wildman–Crippen MR) is 132 cm³/mol. The molecule has 0 spiro atoms. The number of pyridine rings is 1. The van der Waals surface area contributed by atoms with E-state index in [1.165, 1.54) is 30.7 Å². The van der Waals surface area contributed by atoms with Crippen molar-refractivity contribution in [2.75, 3.05) is 20.8 Å². The Morgan fingerprint density at radius 1 is 0.914 bits per heavy atom. The number of fused-ring (bicyclic) bond motifs is 1. The first-order valence-corrected chi connectivity index (χ1v) is 12.3. The number of hydrogen-bond acceptors (Lipinski definition) is 5. The third-order valence-corrected chi connectivity index (χ3v) is 7.58. The third kappa shape index (κ3) is 5.36. The number of aromatic amines is 1. The van der Waals surface area contributed by atoms with Crippen LogP contribution in [-0.2, 0) is 23.0 Å². The Morgan fingerprint density at radius 3 is 2.23 bits per heavy atom. The normalized spacial score (nSPS) is 11.7. The van der Waals surface area contributed by atoms with Gasteiger partial charge in [-0.1, -0.05) is 30.3 Å². The van der Waals surface area contributed by atoms with E-state index < -0.39 is 21.4 Å². The Balaban J connectivity index is 1.73. The van der Waals surface area contributed by atoms with Crippen LogP contribution in [0.4, 0.5) is 4.39 Å². The van der Waals surface area contributed by atoms with Crippen molar-refractivity contribution in [1.82, 2.24) is 9.29 Å². The smallest absolute Gasteiger partial charge is 0.252 e. The number of methoxy groups -OCH3 is 2. The lowest BCUT2D eigenvalue weighted by atomic mass is 10.1. The van der Waals surface area contributed by atoms with Crippen LogP contribution in [0.15, 0.2) is 82.5 Å². The molecule has 0 saturated carbocycles. The highest BCUT2D eigenvalue weighted by molar-refractivity contribution is 7.89. The number of sulfonamides is 1. The zero-order chi connectivity index (χ0) is 25.0. The number of benzene rings is 3. The summed E-state index contributed by atoms with van der Waals surface area (Å²) in [7, 11) is -0.999. The first-order chi connectivity index (χ1) is 16.8. The highest BCUT2D eigenvalue weighted by Crippen LogP contribution is 2.31. The number of halogens is 1. The van der Waals surface area contributed by atoms with Gasteiger partial charge in [0.15, 0.2) is 11.5 Å². The van der Waals surface area contributed by atoms with E-state index in [1.54, 1.807) is 18.2 Å². The molecule has 1 aromatic heterocycles. The second-order valence-electron chi connectivity index (χ2n) is 7.95. The van der Waals surface area contributed by atoms with Crippen LogP contribution in [0.1, 0.15) is 11.1 Å². The summed E-state index contributed by atoms with van der Waals surface area (Å²) < 4.78 is 52.3. The summed E-state index contributed by atoms with van der Waals surface area (Å²) in [6.07, 6.45) is 0.442. The molecule has 0 radical (unpaired) electrons. The highest BCUT2D eigenvalue weighted by Gasteiger charge is 2.26. The molecular weight excluding hydrogens is 471 g/mol. The van der Waals surface area contributed by atoms with Crippen LogP contribution in [0.2, 0.25) is 0 Å². The summed E-state index contributed by atoms with van der Waals surface area (Å²) in [5.41, 5.74) is 1.34. The highest BCUT2D eigenvalue weighted by atomic mass is 32.2. The van der Waals surface area contributed by atoms with Crippen molar-refractivity contribution in [2.45, 2.75) is 17.9 Å². The van der Waals surface area contributed by atoms with Gasteiger partial charge in [-0.2, -0.15) is 4.31 Å². The molecule has 4 rings (SSSR count). The van der Waals surface area contributed by atoms with Crippen LogP contribution in [0.3, 0.4) is 0 Å². The van der Waals surface area contributed by atoms with Gasteiger partial charge in [0, 0.05) is 30.1 Å². The fraction of sp³-hybridized carbons (Fsp3) is 0.192. The Bertz CT molecular complexity index is 1490. The monoisotopic (exact) mass is 496 g/mol. The van der Waals surface area contributed by atoms with Gasteiger partial charge >= 0.3 is 0 Å². The summed E-state index contributed by atoms with van der Waals surface area (Å²) in [5.74, 6) is 0.416. The molecule has 35 heavy (non-hydrogen) atoms. The van der Waals surface area contributed by atoms with Crippen LogP contribution in [0.5, 0.6) is 11.5 Å². The van der Waals surface area contributed by atoms with E-state index in [2.05, 4.69) is 4.98 Å². The van der Waals surface area contributed by atoms with Gasteiger partial charge < -0.3 is 14.5 Å². The fourth-order valence-corrected chi connectivity index (χ4v) is 5.24. The molecule has 1 N–H and O–H groups in total. The van der Waals surface area contributed by atoms with Crippen molar-refractivity contribution in [2.24, 2.45) is 0 Å². The van der Waals surface area contributed by atoms with Crippen molar-refractivity contribution in [3.63, 3.8) is 0 Å². The van der Waals surface area contributed by atoms with Gasteiger partial charge in [0.25, 0.3) is 5.56 Å². The average Bonchev–Trinajstić information content (AvgIpc) is 2.86. The van der Waals surface area contributed by atoms with Gasteiger partial charge in [-0.15, -0.1) is 0 Å². The van der Waals surface area contributed by atoms with Crippen molar-refractivity contribution in [3.8, 4) is 11.5 Å². The number of aromatic nitrogens is 1. The Kier molecular flexibility index (Phi) is 7.18. The van der Waals surface area contributed by atoms with E-state index >= 15 is 0 Å². The van der Waals surface area contributed by atoms with E-state index in [0.29, 0.717) is 28.8 Å². The summed E-state index contributed by atoms with van der Waals surface area (Å²) in [6.45, 7) is -0.0285. The van der Waals surface area contributed by atoms with E-state index in [4.69, 9.17) is 9.47 Å². The van der Waals surface area contributed by atoms with Crippen LogP contribution in [0, 0.1) is 5.82 Å². The van der Waals surface area contributed by atoms with E-state index in [0.717, 1.165) is 17.7 Å². The molecular formula is C26H25FN2O5S. The molecule has 0 amide bonds.